The van der Waals surface area contributed by atoms with Gasteiger partial charge >= 0.3 is 0 Å². The summed E-state index contributed by atoms with van der Waals surface area (Å²) < 4.78 is 5.33. The van der Waals surface area contributed by atoms with Gasteiger partial charge in [0.2, 0.25) is 5.91 Å². The molecule has 42 heavy (non-hydrogen) atoms. The number of carbonyl (C=O) groups excluding carboxylic acids is 3. The van der Waals surface area contributed by atoms with E-state index in [0.717, 1.165) is 25.9 Å². The number of hydrogen-bond acceptors (Lipinski definition) is 9. The van der Waals surface area contributed by atoms with E-state index in [0.29, 0.717) is 56.0 Å². The molecule has 3 amide bonds. The topological polar surface area (TPSA) is 137 Å². The van der Waals surface area contributed by atoms with Crippen molar-refractivity contribution < 1.29 is 19.1 Å². The van der Waals surface area contributed by atoms with Gasteiger partial charge in [-0.15, -0.1) is 0 Å². The number of hydrogen-bond donors (Lipinski definition) is 2. The van der Waals surface area contributed by atoms with E-state index in [-0.39, 0.29) is 29.4 Å². The number of morpholine rings is 1. The summed E-state index contributed by atoms with van der Waals surface area (Å²) in [6.45, 7) is 4.27. The van der Waals surface area contributed by atoms with Crippen molar-refractivity contribution in [1.29, 1.82) is 0 Å². The number of likely N-dealkylation sites (N-methyl/N-ethyl adjacent to an activating group) is 2. The maximum atomic E-state index is 12.9. The van der Waals surface area contributed by atoms with Crippen molar-refractivity contribution in [3.63, 3.8) is 0 Å². The second-order valence-electron chi connectivity index (χ2n) is 11.2. The zero-order valence-corrected chi connectivity index (χ0v) is 24.4. The van der Waals surface area contributed by atoms with Crippen molar-refractivity contribution in [2.24, 2.45) is 5.73 Å². The Hall–Kier alpha value is -4.03. The van der Waals surface area contributed by atoms with Crippen LogP contribution in [0.3, 0.4) is 0 Å². The van der Waals surface area contributed by atoms with E-state index in [1.165, 1.54) is 19.0 Å². The molecule has 0 radical (unpaired) electrons. The minimum atomic E-state index is -0.702. The van der Waals surface area contributed by atoms with Crippen molar-refractivity contribution >= 4 is 35.0 Å². The Morgan fingerprint density at radius 2 is 1.79 bits per heavy atom. The standard InChI is InChI=1S/C30H40N8O4/c1-35(23-11-12-23)13-4-6-26(39)38-14-3-5-24(20-38)36(2)25-19-32-27(28(31)40)29(34-25)33-22-9-7-21(8-10-22)30(41)37-15-17-42-18-16-37/h4,6-10,19,23-24H,3,5,11-18,20H2,1-2H3,(H2,31,40)(H,33,34)/t24-/m1/s1. The van der Waals surface area contributed by atoms with Crippen molar-refractivity contribution in [1.82, 2.24) is 24.7 Å². The molecule has 0 bridgehead atoms. The maximum absolute atomic E-state index is 12.9. The van der Waals surface area contributed by atoms with Crippen LogP contribution in [0.4, 0.5) is 17.3 Å². The monoisotopic (exact) mass is 576 g/mol. The highest BCUT2D eigenvalue weighted by Crippen LogP contribution is 2.26. The predicted molar refractivity (Wildman–Crippen MR) is 160 cm³/mol. The first kappa shape index (κ1) is 29.5. The molecule has 12 nitrogen and oxygen atoms in total. The Kier molecular flexibility index (Phi) is 9.33. The van der Waals surface area contributed by atoms with Gasteiger partial charge < -0.3 is 30.5 Å². The molecule has 2 aromatic rings. The molecule has 1 saturated carbocycles. The van der Waals surface area contributed by atoms with Crippen molar-refractivity contribution in [2.45, 2.75) is 37.8 Å². The van der Waals surface area contributed by atoms with Crippen LogP contribution in [0.5, 0.6) is 0 Å². The molecule has 0 spiro atoms. The number of likely N-dealkylation sites (tertiary alicyclic amines) is 1. The average molecular weight is 577 g/mol. The van der Waals surface area contributed by atoms with Crippen molar-refractivity contribution in [2.75, 3.05) is 70.2 Å². The first-order valence-corrected chi connectivity index (χ1v) is 14.6. The number of amides is 3. The summed E-state index contributed by atoms with van der Waals surface area (Å²) in [5.41, 5.74) is 6.83. The van der Waals surface area contributed by atoms with Crippen LogP contribution >= 0.6 is 0 Å². The lowest BCUT2D eigenvalue weighted by molar-refractivity contribution is -0.127. The molecule has 0 unspecified atom stereocenters. The SMILES string of the molecule is CN(CC=CC(=O)N1CCC[C@@H](N(C)c2cnc(C(N)=O)c(Nc3ccc(C(=O)N4CCOCC4)cc3)n2)C1)C1CC1. The third kappa shape index (κ3) is 7.24. The predicted octanol–water partition coefficient (Wildman–Crippen LogP) is 1.87. The zero-order chi connectivity index (χ0) is 29.6. The maximum Gasteiger partial charge on any atom is 0.271 e. The summed E-state index contributed by atoms with van der Waals surface area (Å²) in [6, 6.07) is 7.69. The van der Waals surface area contributed by atoms with Gasteiger partial charge in [0.15, 0.2) is 11.5 Å². The lowest BCUT2D eigenvalue weighted by atomic mass is 10.0. The molecule has 3 fully saturated rings. The van der Waals surface area contributed by atoms with Gasteiger partial charge in [-0.3, -0.25) is 19.3 Å². The van der Waals surface area contributed by atoms with Gasteiger partial charge in [-0.2, -0.15) is 0 Å². The van der Waals surface area contributed by atoms with Gasteiger partial charge in [0.25, 0.3) is 11.8 Å². The molecule has 3 heterocycles. The lowest BCUT2D eigenvalue weighted by Crippen LogP contribution is -2.48. The van der Waals surface area contributed by atoms with Gasteiger partial charge in [0.1, 0.15) is 5.82 Å². The van der Waals surface area contributed by atoms with Crippen LogP contribution < -0.4 is 16.0 Å². The molecule has 2 saturated heterocycles. The molecule has 1 atom stereocenters. The molecule has 224 valence electrons. The number of nitrogens with two attached hydrogens (primary N) is 1. The second-order valence-corrected chi connectivity index (χ2v) is 11.2. The van der Waals surface area contributed by atoms with Crippen LogP contribution in [0.1, 0.15) is 46.5 Å². The molecular formula is C30H40N8O4. The van der Waals surface area contributed by atoms with Crippen molar-refractivity contribution in [3.8, 4) is 0 Å². The largest absolute Gasteiger partial charge is 0.378 e. The molecule has 12 heteroatoms. The number of nitrogens with one attached hydrogen (secondary N) is 1. The molecule has 1 aromatic carbocycles. The first-order chi connectivity index (χ1) is 20.3. The quantitative estimate of drug-likeness (QED) is 0.406. The number of benzene rings is 1. The molecule has 3 N–H and O–H groups in total. The van der Waals surface area contributed by atoms with Crippen LogP contribution in [0.15, 0.2) is 42.6 Å². The summed E-state index contributed by atoms with van der Waals surface area (Å²) in [5, 5.41) is 3.15. The number of ether oxygens (including phenoxy) is 1. The number of rotatable bonds is 10. The number of aromatic nitrogens is 2. The van der Waals surface area contributed by atoms with E-state index >= 15 is 0 Å². The molecule has 2 aliphatic heterocycles. The summed E-state index contributed by atoms with van der Waals surface area (Å²) in [7, 11) is 4.01. The molecular weight excluding hydrogens is 536 g/mol. The fourth-order valence-corrected chi connectivity index (χ4v) is 5.35. The van der Waals surface area contributed by atoms with E-state index in [2.05, 4.69) is 22.2 Å². The molecule has 1 aromatic heterocycles. The van der Waals surface area contributed by atoms with E-state index < -0.39 is 5.91 Å². The zero-order valence-electron chi connectivity index (χ0n) is 24.4. The van der Waals surface area contributed by atoms with Gasteiger partial charge in [-0.1, -0.05) is 6.08 Å². The highest BCUT2D eigenvalue weighted by molar-refractivity contribution is 5.97. The lowest BCUT2D eigenvalue weighted by Gasteiger charge is -2.37. The van der Waals surface area contributed by atoms with E-state index in [4.69, 9.17) is 15.5 Å². The number of anilines is 3. The van der Waals surface area contributed by atoms with E-state index in [1.54, 1.807) is 35.2 Å². The fourth-order valence-electron chi connectivity index (χ4n) is 5.35. The smallest absolute Gasteiger partial charge is 0.271 e. The Morgan fingerprint density at radius 1 is 1.05 bits per heavy atom. The summed E-state index contributed by atoms with van der Waals surface area (Å²) in [5.74, 6) is 0.0532. The summed E-state index contributed by atoms with van der Waals surface area (Å²) in [4.78, 5) is 54.8. The second kappa shape index (κ2) is 13.3. The van der Waals surface area contributed by atoms with Gasteiger partial charge in [-0.25, -0.2) is 9.97 Å². The first-order valence-electron chi connectivity index (χ1n) is 14.6. The normalized spacial score (nSPS) is 19.3. The third-order valence-corrected chi connectivity index (χ3v) is 8.13. The number of carbonyl (C=O) groups is 3. The summed E-state index contributed by atoms with van der Waals surface area (Å²) >= 11 is 0. The Balaban J connectivity index is 1.24. The molecule has 1 aliphatic carbocycles. The minimum absolute atomic E-state index is 0.0161. The summed E-state index contributed by atoms with van der Waals surface area (Å²) in [6.07, 6.45) is 9.42. The number of nitrogens with zero attached hydrogens (tertiary/aromatic N) is 6. The minimum Gasteiger partial charge on any atom is -0.378 e. The Bertz CT molecular complexity index is 1310. The fraction of sp³-hybridized carbons (Fsp3) is 0.500. The van der Waals surface area contributed by atoms with Crippen molar-refractivity contribution in [3.05, 3.63) is 53.9 Å². The highest BCUT2D eigenvalue weighted by atomic mass is 16.5. The van der Waals surface area contributed by atoms with Crippen LogP contribution in [0.25, 0.3) is 0 Å². The van der Waals surface area contributed by atoms with Gasteiger partial charge in [-0.05, 0) is 57.0 Å². The Labute approximate surface area is 246 Å². The van der Waals surface area contributed by atoms with Crippen LogP contribution in [-0.2, 0) is 9.53 Å². The molecule has 3 aliphatic rings. The average Bonchev–Trinajstić information content (AvgIpc) is 3.87. The van der Waals surface area contributed by atoms with Crippen LogP contribution in [0.2, 0.25) is 0 Å². The number of piperidine rings is 1. The van der Waals surface area contributed by atoms with E-state index in [9.17, 15) is 14.4 Å². The highest BCUT2D eigenvalue weighted by Gasteiger charge is 2.28. The third-order valence-electron chi connectivity index (χ3n) is 8.13. The number of primary amides is 1. The van der Waals surface area contributed by atoms with E-state index in [1.807, 2.05) is 22.9 Å². The Morgan fingerprint density at radius 3 is 2.48 bits per heavy atom. The van der Waals surface area contributed by atoms with Gasteiger partial charge in [0.05, 0.1) is 19.4 Å². The molecule has 5 rings (SSSR count). The van der Waals surface area contributed by atoms with Crippen LogP contribution in [-0.4, -0.2) is 115 Å². The van der Waals surface area contributed by atoms with Crippen LogP contribution in [0, 0.1) is 0 Å². The van der Waals surface area contributed by atoms with Gasteiger partial charge in [0, 0.05) is 69.2 Å².